The molecular weight excluding hydrogens is 182 g/mol. The van der Waals surface area contributed by atoms with E-state index in [1.165, 1.54) is 24.6 Å². The van der Waals surface area contributed by atoms with Crippen LogP contribution in [0.25, 0.3) is 0 Å². The van der Waals surface area contributed by atoms with Crippen molar-refractivity contribution in [1.82, 2.24) is 0 Å². The van der Waals surface area contributed by atoms with Gasteiger partial charge in [-0.15, -0.1) is 0 Å². The lowest BCUT2D eigenvalue weighted by Crippen LogP contribution is -1.99. The van der Waals surface area contributed by atoms with Crippen molar-refractivity contribution in [2.24, 2.45) is 0 Å². The van der Waals surface area contributed by atoms with Gasteiger partial charge in [-0.2, -0.15) is 5.26 Å². The summed E-state index contributed by atoms with van der Waals surface area (Å²) in [6.45, 7) is 0. The fraction of sp³-hybridized carbons (Fsp3) is 0.600. The SMILES string of the molecule is N#CC1=C2CCCCC[C@H]2SC1=O. The van der Waals surface area contributed by atoms with Crippen LogP contribution in [-0.2, 0) is 4.79 Å². The molecular formula is C10H11NOS. The van der Waals surface area contributed by atoms with Crippen LogP contribution in [0.5, 0.6) is 0 Å². The second kappa shape index (κ2) is 3.55. The molecule has 2 nitrogen and oxygen atoms in total. The summed E-state index contributed by atoms with van der Waals surface area (Å²) < 4.78 is 0. The lowest BCUT2D eigenvalue weighted by molar-refractivity contribution is -0.107. The highest BCUT2D eigenvalue weighted by Crippen LogP contribution is 2.41. The summed E-state index contributed by atoms with van der Waals surface area (Å²) in [5.74, 6) is 0. The fourth-order valence-corrected chi connectivity index (χ4v) is 3.23. The third kappa shape index (κ3) is 1.51. The highest BCUT2D eigenvalue weighted by atomic mass is 32.2. The van der Waals surface area contributed by atoms with Crippen molar-refractivity contribution >= 4 is 16.9 Å². The molecule has 0 radical (unpaired) electrons. The summed E-state index contributed by atoms with van der Waals surface area (Å²) in [5, 5.41) is 9.17. The molecule has 1 fully saturated rings. The van der Waals surface area contributed by atoms with Crippen molar-refractivity contribution in [3.63, 3.8) is 0 Å². The first-order valence-corrected chi connectivity index (χ1v) is 5.55. The summed E-state index contributed by atoms with van der Waals surface area (Å²) in [6.07, 6.45) is 5.63. The number of carbonyl (C=O) groups excluding carboxylic acids is 1. The number of carbonyl (C=O) groups is 1. The Morgan fingerprint density at radius 2 is 2.23 bits per heavy atom. The molecule has 1 aliphatic heterocycles. The second-order valence-electron chi connectivity index (χ2n) is 3.51. The van der Waals surface area contributed by atoms with Crippen molar-refractivity contribution in [2.75, 3.05) is 0 Å². The first kappa shape index (κ1) is 8.83. The van der Waals surface area contributed by atoms with Gasteiger partial charge < -0.3 is 0 Å². The molecule has 68 valence electrons. The minimum Gasteiger partial charge on any atom is -0.281 e. The van der Waals surface area contributed by atoms with E-state index in [9.17, 15) is 4.79 Å². The van der Waals surface area contributed by atoms with Gasteiger partial charge in [0, 0.05) is 5.25 Å². The molecule has 3 heteroatoms. The van der Waals surface area contributed by atoms with Gasteiger partial charge in [-0.1, -0.05) is 24.6 Å². The number of rotatable bonds is 0. The first-order valence-electron chi connectivity index (χ1n) is 4.67. The molecule has 0 aromatic rings. The molecule has 13 heavy (non-hydrogen) atoms. The van der Waals surface area contributed by atoms with Gasteiger partial charge in [0.1, 0.15) is 11.6 Å². The summed E-state index contributed by atoms with van der Waals surface area (Å²) in [5.41, 5.74) is 1.59. The van der Waals surface area contributed by atoms with E-state index < -0.39 is 0 Å². The van der Waals surface area contributed by atoms with Gasteiger partial charge in [0.15, 0.2) is 0 Å². The third-order valence-corrected chi connectivity index (χ3v) is 3.91. The summed E-state index contributed by atoms with van der Waals surface area (Å²) in [4.78, 5) is 11.4. The van der Waals surface area contributed by atoms with E-state index in [2.05, 4.69) is 0 Å². The van der Waals surface area contributed by atoms with Crippen LogP contribution in [0.1, 0.15) is 32.1 Å². The Morgan fingerprint density at radius 1 is 1.38 bits per heavy atom. The van der Waals surface area contributed by atoms with Crippen LogP contribution in [0.4, 0.5) is 0 Å². The van der Waals surface area contributed by atoms with E-state index >= 15 is 0 Å². The number of hydrogen-bond acceptors (Lipinski definition) is 3. The summed E-state index contributed by atoms with van der Waals surface area (Å²) >= 11 is 1.36. The van der Waals surface area contributed by atoms with Crippen LogP contribution < -0.4 is 0 Å². The quantitative estimate of drug-likeness (QED) is 0.593. The maximum Gasteiger partial charge on any atom is 0.230 e. The van der Waals surface area contributed by atoms with E-state index in [1.54, 1.807) is 0 Å². The Morgan fingerprint density at radius 3 is 3.00 bits per heavy atom. The van der Waals surface area contributed by atoms with Gasteiger partial charge in [-0.25, -0.2) is 0 Å². The lowest BCUT2D eigenvalue weighted by atomic mass is 10.0. The zero-order chi connectivity index (χ0) is 9.26. The minimum atomic E-state index is 0.00407. The van der Waals surface area contributed by atoms with Crippen LogP contribution >= 0.6 is 11.8 Å². The van der Waals surface area contributed by atoms with Crippen LogP contribution in [0.3, 0.4) is 0 Å². The Kier molecular flexibility index (Phi) is 2.41. The largest absolute Gasteiger partial charge is 0.281 e. The Bertz CT molecular complexity index is 313. The lowest BCUT2D eigenvalue weighted by Gasteiger charge is -2.06. The molecule has 0 saturated heterocycles. The smallest absolute Gasteiger partial charge is 0.230 e. The Labute approximate surface area is 82.0 Å². The van der Waals surface area contributed by atoms with E-state index in [0.29, 0.717) is 10.8 Å². The van der Waals surface area contributed by atoms with Gasteiger partial charge in [0.2, 0.25) is 5.12 Å². The molecule has 1 atom stereocenters. The highest BCUT2D eigenvalue weighted by molar-refractivity contribution is 8.15. The number of fused-ring (bicyclic) bond motifs is 1. The number of hydrogen-bond donors (Lipinski definition) is 0. The number of nitriles is 1. The van der Waals surface area contributed by atoms with Crippen LogP contribution in [-0.4, -0.2) is 10.4 Å². The zero-order valence-corrected chi connectivity index (χ0v) is 8.19. The van der Waals surface area contributed by atoms with Crippen molar-refractivity contribution < 1.29 is 4.79 Å². The topological polar surface area (TPSA) is 40.9 Å². The molecule has 2 rings (SSSR count). The molecule has 1 aliphatic carbocycles. The van der Waals surface area contributed by atoms with Crippen LogP contribution in [0, 0.1) is 11.3 Å². The molecule has 1 saturated carbocycles. The number of nitrogens with zero attached hydrogens (tertiary/aromatic N) is 1. The minimum absolute atomic E-state index is 0.00407. The van der Waals surface area contributed by atoms with Crippen LogP contribution in [0.15, 0.2) is 11.1 Å². The molecule has 2 aliphatic rings. The van der Waals surface area contributed by atoms with E-state index in [4.69, 9.17) is 5.26 Å². The molecule has 0 unspecified atom stereocenters. The predicted molar refractivity (Wildman–Crippen MR) is 52.1 cm³/mol. The molecule has 0 N–H and O–H groups in total. The zero-order valence-electron chi connectivity index (χ0n) is 7.38. The van der Waals surface area contributed by atoms with Gasteiger partial charge in [-0.05, 0) is 24.8 Å². The number of thioether (sulfide) groups is 1. The summed E-state index contributed by atoms with van der Waals surface area (Å²) in [6, 6.07) is 2.05. The molecule has 0 aromatic carbocycles. The van der Waals surface area contributed by atoms with Crippen molar-refractivity contribution in [3.8, 4) is 6.07 Å². The highest BCUT2D eigenvalue weighted by Gasteiger charge is 2.33. The van der Waals surface area contributed by atoms with Crippen molar-refractivity contribution in [3.05, 3.63) is 11.1 Å². The first-order chi connectivity index (χ1) is 6.33. The van der Waals surface area contributed by atoms with Gasteiger partial charge in [0.05, 0.1) is 0 Å². The summed E-state index contributed by atoms with van der Waals surface area (Å²) in [7, 11) is 0. The molecule has 0 bridgehead atoms. The molecule has 0 amide bonds. The third-order valence-electron chi connectivity index (χ3n) is 2.69. The van der Waals surface area contributed by atoms with Crippen molar-refractivity contribution in [1.29, 1.82) is 5.26 Å². The predicted octanol–water partition coefficient (Wildman–Crippen LogP) is 2.41. The van der Waals surface area contributed by atoms with E-state index in [-0.39, 0.29) is 5.12 Å². The maximum absolute atomic E-state index is 11.4. The van der Waals surface area contributed by atoms with Gasteiger partial charge in [0.25, 0.3) is 0 Å². The van der Waals surface area contributed by atoms with Crippen LogP contribution in [0.2, 0.25) is 0 Å². The second-order valence-corrected chi connectivity index (χ2v) is 4.68. The standard InChI is InChI=1S/C10H11NOS/c11-6-8-7-4-2-1-3-5-9(7)13-10(8)12/h9H,1-5H2/t9-/m1/s1. The van der Waals surface area contributed by atoms with Crippen molar-refractivity contribution in [2.45, 2.75) is 37.4 Å². The fourth-order valence-electron chi connectivity index (χ4n) is 2.01. The van der Waals surface area contributed by atoms with Gasteiger partial charge >= 0.3 is 0 Å². The van der Waals surface area contributed by atoms with Gasteiger partial charge in [-0.3, -0.25) is 4.79 Å². The Hall–Kier alpha value is -0.750. The Balaban J connectivity index is 2.33. The van der Waals surface area contributed by atoms with E-state index in [1.807, 2.05) is 6.07 Å². The average molecular weight is 193 g/mol. The normalized spacial score (nSPS) is 28.2. The monoisotopic (exact) mass is 193 g/mol. The molecule has 0 spiro atoms. The van der Waals surface area contributed by atoms with E-state index in [0.717, 1.165) is 24.8 Å². The molecule has 1 heterocycles. The average Bonchev–Trinajstić information content (AvgIpc) is 2.32. The molecule has 0 aromatic heterocycles. The maximum atomic E-state index is 11.4.